The molecule has 0 bridgehead atoms. The maximum atomic E-state index is 4.00. The lowest BCUT2D eigenvalue weighted by Crippen LogP contribution is -1.79. The van der Waals surface area contributed by atoms with E-state index in [1.165, 1.54) is 44.1 Å². The second-order valence-corrected chi connectivity index (χ2v) is 3.61. The quantitative estimate of drug-likeness (QED) is 0.369. The van der Waals surface area contributed by atoms with Crippen molar-refractivity contribution < 1.29 is 0 Å². The third-order valence-corrected chi connectivity index (χ3v) is 2.27. The molecular formula is C13H24. The maximum absolute atomic E-state index is 4.00. The van der Waals surface area contributed by atoms with E-state index in [1.807, 2.05) is 0 Å². The Labute approximate surface area is 83.7 Å². The summed E-state index contributed by atoms with van der Waals surface area (Å²) in [6, 6.07) is 0. The van der Waals surface area contributed by atoms with E-state index in [1.54, 1.807) is 0 Å². The van der Waals surface area contributed by atoms with Crippen LogP contribution in [0.4, 0.5) is 0 Å². The largest absolute Gasteiger partial charge is 0.0999 e. The Morgan fingerprint density at radius 1 is 1.08 bits per heavy atom. The van der Waals surface area contributed by atoms with Crippen molar-refractivity contribution in [1.82, 2.24) is 0 Å². The van der Waals surface area contributed by atoms with Gasteiger partial charge in [0.2, 0.25) is 0 Å². The highest BCUT2D eigenvalue weighted by molar-refractivity contribution is 4.92. The van der Waals surface area contributed by atoms with Crippen molar-refractivity contribution in [3.63, 3.8) is 0 Å². The normalized spacial score (nSPS) is 10.9. The maximum Gasteiger partial charge on any atom is -0.0323 e. The molecule has 0 rings (SSSR count). The first-order valence-electron chi connectivity index (χ1n) is 5.62. The molecule has 0 heteroatoms. The van der Waals surface area contributed by atoms with E-state index in [-0.39, 0.29) is 0 Å². The Balaban J connectivity index is 3.12. The fourth-order valence-electron chi connectivity index (χ4n) is 1.22. The minimum atomic E-state index is 1.14. The Morgan fingerprint density at radius 3 is 2.38 bits per heavy atom. The first kappa shape index (κ1) is 12.5. The molecule has 13 heavy (non-hydrogen) atoms. The summed E-state index contributed by atoms with van der Waals surface area (Å²) in [7, 11) is 0. The molecule has 0 saturated carbocycles. The van der Waals surface area contributed by atoms with Crippen LogP contribution >= 0.6 is 0 Å². The van der Waals surface area contributed by atoms with Crippen LogP contribution in [0.1, 0.15) is 58.8 Å². The molecule has 0 aliphatic carbocycles. The van der Waals surface area contributed by atoms with Crippen molar-refractivity contribution in [2.75, 3.05) is 0 Å². The zero-order valence-corrected chi connectivity index (χ0v) is 9.31. The van der Waals surface area contributed by atoms with Crippen molar-refractivity contribution in [2.45, 2.75) is 58.8 Å². The average molecular weight is 180 g/mol. The molecule has 0 aliphatic rings. The minimum Gasteiger partial charge on any atom is -0.0999 e. The third-order valence-electron chi connectivity index (χ3n) is 2.27. The molecular weight excluding hydrogens is 156 g/mol. The van der Waals surface area contributed by atoms with Crippen LogP contribution in [0.25, 0.3) is 0 Å². The summed E-state index contributed by atoms with van der Waals surface area (Å²) in [6.07, 6.45) is 13.4. The Morgan fingerprint density at radius 2 is 1.77 bits per heavy atom. The molecule has 76 valence electrons. The van der Waals surface area contributed by atoms with Crippen molar-refractivity contribution in [3.05, 3.63) is 24.3 Å². The number of unbranched alkanes of at least 4 members (excludes halogenated alkanes) is 3. The summed E-state index contributed by atoms with van der Waals surface area (Å²) in [6.45, 7) is 8.40. The van der Waals surface area contributed by atoms with Gasteiger partial charge in [0.05, 0.1) is 0 Å². The van der Waals surface area contributed by atoms with E-state index in [4.69, 9.17) is 0 Å². The Kier molecular flexibility index (Phi) is 9.18. The molecule has 0 radical (unpaired) electrons. The summed E-state index contributed by atoms with van der Waals surface area (Å²) < 4.78 is 0. The molecule has 0 N–H and O–H groups in total. The fourth-order valence-corrected chi connectivity index (χ4v) is 1.22. The SMILES string of the molecule is C=C(CC)CCCCC=CCCC. The highest BCUT2D eigenvalue weighted by Crippen LogP contribution is 2.10. The molecule has 0 aromatic heterocycles. The van der Waals surface area contributed by atoms with Crippen LogP contribution < -0.4 is 0 Å². The lowest BCUT2D eigenvalue weighted by atomic mass is 10.1. The average Bonchev–Trinajstić information content (AvgIpc) is 2.16. The summed E-state index contributed by atoms with van der Waals surface area (Å²) in [5.74, 6) is 0. The predicted octanol–water partition coefficient (Wildman–Crippen LogP) is 4.87. The van der Waals surface area contributed by atoms with E-state index >= 15 is 0 Å². The van der Waals surface area contributed by atoms with Gasteiger partial charge in [-0.2, -0.15) is 0 Å². The van der Waals surface area contributed by atoms with Gasteiger partial charge in [0, 0.05) is 0 Å². The Bertz CT molecular complexity index is 142. The van der Waals surface area contributed by atoms with Gasteiger partial charge in [0.1, 0.15) is 0 Å². The van der Waals surface area contributed by atoms with Crippen LogP contribution in [0.2, 0.25) is 0 Å². The second-order valence-electron chi connectivity index (χ2n) is 3.61. The van der Waals surface area contributed by atoms with E-state index in [0.29, 0.717) is 0 Å². The number of hydrogen-bond donors (Lipinski definition) is 0. The summed E-state index contributed by atoms with van der Waals surface area (Å²) in [5, 5.41) is 0. The highest BCUT2D eigenvalue weighted by atomic mass is 14.0. The van der Waals surface area contributed by atoms with Crippen molar-refractivity contribution >= 4 is 0 Å². The highest BCUT2D eigenvalue weighted by Gasteiger charge is 1.90. The summed E-state index contributed by atoms with van der Waals surface area (Å²) >= 11 is 0. The van der Waals surface area contributed by atoms with E-state index in [0.717, 1.165) is 6.42 Å². The zero-order valence-electron chi connectivity index (χ0n) is 9.31. The van der Waals surface area contributed by atoms with Crippen molar-refractivity contribution in [1.29, 1.82) is 0 Å². The van der Waals surface area contributed by atoms with E-state index in [2.05, 4.69) is 32.6 Å². The van der Waals surface area contributed by atoms with Gasteiger partial charge in [-0.05, 0) is 38.5 Å². The van der Waals surface area contributed by atoms with Crippen LogP contribution in [0, 0.1) is 0 Å². The van der Waals surface area contributed by atoms with Crippen molar-refractivity contribution in [3.8, 4) is 0 Å². The van der Waals surface area contributed by atoms with E-state index in [9.17, 15) is 0 Å². The fraction of sp³-hybridized carbons (Fsp3) is 0.692. The first-order valence-corrected chi connectivity index (χ1v) is 5.62. The Hall–Kier alpha value is -0.520. The molecule has 0 nitrogen and oxygen atoms in total. The summed E-state index contributed by atoms with van der Waals surface area (Å²) in [5.41, 5.74) is 1.40. The summed E-state index contributed by atoms with van der Waals surface area (Å²) in [4.78, 5) is 0. The molecule has 0 atom stereocenters. The van der Waals surface area contributed by atoms with Gasteiger partial charge in [-0.25, -0.2) is 0 Å². The molecule has 0 aromatic rings. The molecule has 0 spiro atoms. The molecule has 0 fully saturated rings. The third kappa shape index (κ3) is 9.39. The van der Waals surface area contributed by atoms with Gasteiger partial charge in [0.25, 0.3) is 0 Å². The van der Waals surface area contributed by atoms with Crippen LogP contribution in [-0.2, 0) is 0 Å². The van der Waals surface area contributed by atoms with Gasteiger partial charge >= 0.3 is 0 Å². The van der Waals surface area contributed by atoms with Crippen LogP contribution in [0.15, 0.2) is 24.3 Å². The predicted molar refractivity (Wildman–Crippen MR) is 61.9 cm³/mol. The van der Waals surface area contributed by atoms with Gasteiger partial charge in [-0.1, -0.05) is 44.6 Å². The van der Waals surface area contributed by atoms with E-state index < -0.39 is 0 Å². The molecule has 0 amide bonds. The minimum absolute atomic E-state index is 1.14. The molecule has 0 saturated heterocycles. The topological polar surface area (TPSA) is 0 Å². The molecule has 0 aliphatic heterocycles. The van der Waals surface area contributed by atoms with Gasteiger partial charge in [0.15, 0.2) is 0 Å². The molecule has 0 heterocycles. The van der Waals surface area contributed by atoms with Crippen LogP contribution in [0.5, 0.6) is 0 Å². The number of hydrogen-bond acceptors (Lipinski definition) is 0. The lowest BCUT2D eigenvalue weighted by Gasteiger charge is -1.99. The molecule has 0 aromatic carbocycles. The zero-order chi connectivity index (χ0) is 9.94. The monoisotopic (exact) mass is 180 g/mol. The number of allylic oxidation sites excluding steroid dienone is 3. The van der Waals surface area contributed by atoms with Crippen LogP contribution in [0.3, 0.4) is 0 Å². The van der Waals surface area contributed by atoms with Crippen LogP contribution in [-0.4, -0.2) is 0 Å². The molecule has 0 unspecified atom stereocenters. The lowest BCUT2D eigenvalue weighted by molar-refractivity contribution is 0.728. The first-order chi connectivity index (χ1) is 6.31. The van der Waals surface area contributed by atoms with Gasteiger partial charge in [-0.3, -0.25) is 0 Å². The number of rotatable bonds is 8. The van der Waals surface area contributed by atoms with Crippen molar-refractivity contribution in [2.24, 2.45) is 0 Å². The standard InChI is InChI=1S/C13H24/c1-4-6-7-8-9-10-11-12-13(3)5-2/h7-8H,3-6,9-12H2,1-2H3. The van der Waals surface area contributed by atoms with Gasteiger partial charge < -0.3 is 0 Å². The second kappa shape index (κ2) is 9.57. The smallest absolute Gasteiger partial charge is 0.0323 e. The van der Waals surface area contributed by atoms with Gasteiger partial charge in [-0.15, -0.1) is 0 Å².